The van der Waals surface area contributed by atoms with Crippen molar-refractivity contribution in [3.05, 3.63) is 16.8 Å². The highest BCUT2D eigenvalue weighted by Gasteiger charge is 2.24. The number of hydrogen-bond acceptors (Lipinski definition) is 6. The lowest BCUT2D eigenvalue weighted by Crippen LogP contribution is -2.31. The highest BCUT2D eigenvalue weighted by atomic mass is 35.5. The first-order chi connectivity index (χ1) is 11.2. The molecule has 0 N–H and O–H groups in total. The number of halogens is 1. The average molecular weight is 372 g/mol. The van der Waals surface area contributed by atoms with Crippen LogP contribution in [0.5, 0.6) is 0 Å². The molecule has 1 unspecified atom stereocenters. The molecule has 5 nitrogen and oxygen atoms in total. The quantitative estimate of drug-likeness (QED) is 0.747. The van der Waals surface area contributed by atoms with E-state index in [1.54, 1.807) is 20.5 Å². The summed E-state index contributed by atoms with van der Waals surface area (Å²) >= 11 is 1.84. The maximum Gasteiger partial charge on any atom is 0.141 e. The van der Waals surface area contributed by atoms with E-state index in [9.17, 15) is 0 Å². The van der Waals surface area contributed by atoms with E-state index in [2.05, 4.69) is 21.8 Å². The summed E-state index contributed by atoms with van der Waals surface area (Å²) in [5.74, 6) is 1.81. The van der Waals surface area contributed by atoms with Crippen LogP contribution in [-0.4, -0.2) is 50.5 Å². The van der Waals surface area contributed by atoms with Crippen LogP contribution in [0, 0.1) is 5.92 Å². The van der Waals surface area contributed by atoms with Crippen LogP contribution in [0.1, 0.15) is 23.8 Å². The van der Waals surface area contributed by atoms with E-state index < -0.39 is 0 Å². The van der Waals surface area contributed by atoms with E-state index in [1.165, 1.54) is 28.7 Å². The van der Waals surface area contributed by atoms with E-state index in [4.69, 9.17) is 9.47 Å². The van der Waals surface area contributed by atoms with Gasteiger partial charge in [0.1, 0.15) is 17.0 Å². The molecule has 0 radical (unpaired) electrons. The summed E-state index contributed by atoms with van der Waals surface area (Å²) < 4.78 is 10.5. The summed E-state index contributed by atoms with van der Waals surface area (Å²) in [6.45, 7) is 5.32. The monoisotopic (exact) mass is 371 g/mol. The fourth-order valence-corrected chi connectivity index (χ4v) is 4.57. The predicted octanol–water partition coefficient (Wildman–Crippen LogP) is 3.34. The van der Waals surface area contributed by atoms with Gasteiger partial charge in [-0.3, -0.25) is 0 Å². The summed E-state index contributed by atoms with van der Waals surface area (Å²) in [6, 6.07) is 0. The van der Waals surface area contributed by atoms with Gasteiger partial charge in [0.2, 0.25) is 0 Å². The molecule has 134 valence electrons. The van der Waals surface area contributed by atoms with E-state index >= 15 is 0 Å². The Morgan fingerprint density at radius 1 is 1.21 bits per heavy atom. The number of thiophene rings is 1. The Balaban J connectivity index is 0.00000208. The van der Waals surface area contributed by atoms with Gasteiger partial charge in [0.15, 0.2) is 0 Å². The number of nitrogens with zero attached hydrogens (tertiary/aromatic N) is 3. The third kappa shape index (κ3) is 3.99. The molecule has 0 saturated carbocycles. The van der Waals surface area contributed by atoms with Crippen LogP contribution in [0.3, 0.4) is 0 Å². The van der Waals surface area contributed by atoms with Gasteiger partial charge >= 0.3 is 0 Å². The van der Waals surface area contributed by atoms with Crippen LogP contribution in [0.2, 0.25) is 0 Å². The minimum atomic E-state index is 0. The SMILES string of the molecule is COCCN(CCOC)c1ncnc2sc3c(c12)CCC(C)C3.Cl. The second kappa shape index (κ2) is 8.94. The maximum atomic E-state index is 5.27. The molecule has 0 aliphatic heterocycles. The largest absolute Gasteiger partial charge is 0.383 e. The molecule has 0 bridgehead atoms. The lowest BCUT2D eigenvalue weighted by Gasteiger charge is -2.25. The summed E-state index contributed by atoms with van der Waals surface area (Å²) in [5, 5.41) is 1.26. The standard InChI is InChI=1S/C17H25N3O2S.ClH/c1-12-4-5-13-14(10-12)23-17-15(13)16(18-11-19-17)20(6-8-21-2)7-9-22-3;/h11-12H,4-10H2,1-3H3;1H. The van der Waals surface area contributed by atoms with Crippen LogP contribution < -0.4 is 4.90 Å². The van der Waals surface area contributed by atoms with Gasteiger partial charge < -0.3 is 14.4 Å². The molecule has 24 heavy (non-hydrogen) atoms. The van der Waals surface area contributed by atoms with Crippen LogP contribution in [0.15, 0.2) is 6.33 Å². The maximum absolute atomic E-state index is 5.27. The molecule has 2 aromatic heterocycles. The van der Waals surface area contributed by atoms with Gasteiger partial charge in [-0.05, 0) is 30.7 Å². The normalized spacial score (nSPS) is 16.7. The molecule has 0 fully saturated rings. The van der Waals surface area contributed by atoms with Crippen molar-refractivity contribution in [2.45, 2.75) is 26.2 Å². The predicted molar refractivity (Wildman–Crippen MR) is 102 cm³/mol. The van der Waals surface area contributed by atoms with Crippen molar-refractivity contribution < 1.29 is 9.47 Å². The van der Waals surface area contributed by atoms with Gasteiger partial charge in [0.05, 0.1) is 18.6 Å². The van der Waals surface area contributed by atoms with E-state index in [0.29, 0.717) is 13.2 Å². The highest BCUT2D eigenvalue weighted by molar-refractivity contribution is 7.19. The smallest absolute Gasteiger partial charge is 0.141 e. The second-order valence-corrected chi connectivity index (χ2v) is 7.29. The first-order valence-corrected chi connectivity index (χ1v) is 9.04. The fourth-order valence-electron chi connectivity index (χ4n) is 3.22. The van der Waals surface area contributed by atoms with Gasteiger partial charge in [0, 0.05) is 32.2 Å². The molecule has 2 aromatic rings. The summed E-state index contributed by atoms with van der Waals surface area (Å²) in [4.78, 5) is 14.0. The molecule has 1 aliphatic carbocycles. The van der Waals surface area contributed by atoms with Crippen molar-refractivity contribution in [2.75, 3.05) is 45.4 Å². The van der Waals surface area contributed by atoms with E-state index in [-0.39, 0.29) is 12.4 Å². The minimum absolute atomic E-state index is 0. The Bertz CT molecular complexity index is 657. The molecule has 0 aromatic carbocycles. The summed E-state index contributed by atoms with van der Waals surface area (Å²) in [6.07, 6.45) is 5.25. The number of aromatic nitrogens is 2. The zero-order valence-corrected chi connectivity index (χ0v) is 16.2. The van der Waals surface area contributed by atoms with Gasteiger partial charge in [-0.25, -0.2) is 9.97 Å². The molecule has 7 heteroatoms. The van der Waals surface area contributed by atoms with Crippen molar-refractivity contribution in [3.8, 4) is 0 Å². The van der Waals surface area contributed by atoms with Crippen molar-refractivity contribution in [1.82, 2.24) is 9.97 Å². The first-order valence-electron chi connectivity index (χ1n) is 8.22. The Kier molecular flexibility index (Phi) is 7.22. The van der Waals surface area contributed by atoms with E-state index in [0.717, 1.165) is 36.1 Å². The van der Waals surface area contributed by atoms with Gasteiger partial charge in [-0.1, -0.05) is 6.92 Å². The first kappa shape index (κ1) is 19.4. The zero-order valence-electron chi connectivity index (χ0n) is 14.6. The number of anilines is 1. The van der Waals surface area contributed by atoms with Gasteiger partial charge in [-0.15, -0.1) is 23.7 Å². The van der Waals surface area contributed by atoms with Crippen LogP contribution in [0.25, 0.3) is 10.2 Å². The Morgan fingerprint density at radius 3 is 2.58 bits per heavy atom. The lowest BCUT2D eigenvalue weighted by atomic mass is 9.89. The van der Waals surface area contributed by atoms with Crippen LogP contribution >= 0.6 is 23.7 Å². The third-order valence-corrected chi connectivity index (χ3v) is 5.66. The molecule has 0 spiro atoms. The highest BCUT2D eigenvalue weighted by Crippen LogP contribution is 2.40. The zero-order chi connectivity index (χ0) is 16.2. The molecular formula is C17H26ClN3O2S. The minimum Gasteiger partial charge on any atom is -0.383 e. The van der Waals surface area contributed by atoms with Gasteiger partial charge in [0.25, 0.3) is 0 Å². The Hall–Kier alpha value is -0.950. The molecule has 2 heterocycles. The fraction of sp³-hybridized carbons (Fsp3) is 0.647. The molecule has 1 aliphatic rings. The summed E-state index contributed by atoms with van der Waals surface area (Å²) in [5.41, 5.74) is 1.47. The van der Waals surface area contributed by atoms with Crippen LogP contribution in [0.4, 0.5) is 5.82 Å². The van der Waals surface area contributed by atoms with Gasteiger partial charge in [-0.2, -0.15) is 0 Å². The molecule has 0 saturated heterocycles. The number of aryl methyl sites for hydroxylation is 1. The molecule has 3 rings (SSSR count). The average Bonchev–Trinajstić information content (AvgIpc) is 2.92. The number of fused-ring (bicyclic) bond motifs is 3. The molecule has 1 atom stereocenters. The van der Waals surface area contributed by atoms with Crippen molar-refractivity contribution in [1.29, 1.82) is 0 Å². The van der Waals surface area contributed by atoms with Crippen molar-refractivity contribution >= 4 is 39.8 Å². The van der Waals surface area contributed by atoms with Crippen molar-refractivity contribution in [2.24, 2.45) is 5.92 Å². The summed E-state index contributed by atoms with van der Waals surface area (Å²) in [7, 11) is 3.47. The van der Waals surface area contributed by atoms with E-state index in [1.807, 2.05) is 11.3 Å². The third-order valence-electron chi connectivity index (χ3n) is 4.50. The number of methoxy groups -OCH3 is 2. The number of rotatable bonds is 7. The Morgan fingerprint density at radius 2 is 1.92 bits per heavy atom. The van der Waals surface area contributed by atoms with Crippen LogP contribution in [-0.2, 0) is 22.3 Å². The Labute approximate surface area is 153 Å². The lowest BCUT2D eigenvalue weighted by molar-refractivity contribution is 0.190. The molecular weight excluding hydrogens is 346 g/mol. The second-order valence-electron chi connectivity index (χ2n) is 6.20. The van der Waals surface area contributed by atoms with Crippen molar-refractivity contribution in [3.63, 3.8) is 0 Å². The topological polar surface area (TPSA) is 47.5 Å². The molecule has 0 amide bonds. The number of ether oxygens (including phenoxy) is 2. The number of hydrogen-bond donors (Lipinski definition) is 0.